The average Bonchev–Trinajstić information content (AvgIpc) is 2.29. The Bertz CT molecular complexity index is 407. The normalized spacial score (nSPS) is 17.9. The lowest BCUT2D eigenvalue weighted by Gasteiger charge is -2.53. The van der Waals surface area contributed by atoms with Gasteiger partial charge in [-0.2, -0.15) is 0 Å². The second-order valence-electron chi connectivity index (χ2n) is 5.95. The number of hydrogen-bond donors (Lipinski definition) is 1. The van der Waals surface area contributed by atoms with Crippen molar-refractivity contribution in [3.63, 3.8) is 0 Å². The quantitative estimate of drug-likeness (QED) is 0.858. The third kappa shape index (κ3) is 2.49. The largest absolute Gasteiger partial charge is 0.494 e. The molecule has 1 saturated heterocycles. The molecule has 0 spiro atoms. The highest BCUT2D eigenvalue weighted by Crippen LogP contribution is 2.49. The van der Waals surface area contributed by atoms with Crippen molar-refractivity contribution in [2.24, 2.45) is 11.1 Å². The Morgan fingerprint density at radius 1 is 1.26 bits per heavy atom. The van der Waals surface area contributed by atoms with Gasteiger partial charge >= 0.3 is 0 Å². The molecule has 0 unspecified atom stereocenters. The number of nitrogens with two attached hydrogens (primary N) is 1. The second-order valence-corrected chi connectivity index (χ2v) is 5.95. The van der Waals surface area contributed by atoms with Crippen LogP contribution in [0.25, 0.3) is 0 Å². The van der Waals surface area contributed by atoms with Crippen molar-refractivity contribution >= 4 is 0 Å². The van der Waals surface area contributed by atoms with E-state index in [9.17, 15) is 0 Å². The molecule has 0 amide bonds. The molecule has 0 atom stereocenters. The van der Waals surface area contributed by atoms with Gasteiger partial charge in [0.1, 0.15) is 5.75 Å². The highest BCUT2D eigenvalue weighted by molar-refractivity contribution is 5.36. The zero-order valence-corrected chi connectivity index (χ0v) is 12.2. The van der Waals surface area contributed by atoms with Crippen LogP contribution in [-0.2, 0) is 10.2 Å². The molecular formula is C16H25NO2. The highest BCUT2D eigenvalue weighted by Gasteiger charge is 2.51. The molecule has 0 saturated carbocycles. The van der Waals surface area contributed by atoms with Crippen molar-refractivity contribution in [1.29, 1.82) is 0 Å². The number of hydrogen-bond acceptors (Lipinski definition) is 3. The monoisotopic (exact) mass is 263 g/mol. The fraction of sp³-hybridized carbons (Fsp3) is 0.625. The predicted octanol–water partition coefficient (Wildman–Crippen LogP) is 2.73. The first-order valence-corrected chi connectivity index (χ1v) is 7.07. The second kappa shape index (κ2) is 5.51. The van der Waals surface area contributed by atoms with Crippen molar-refractivity contribution in [2.45, 2.75) is 32.6 Å². The van der Waals surface area contributed by atoms with Crippen LogP contribution in [0.15, 0.2) is 24.3 Å². The maximum absolute atomic E-state index is 5.77. The van der Waals surface area contributed by atoms with Crippen LogP contribution in [0.1, 0.15) is 32.8 Å². The molecule has 3 nitrogen and oxygen atoms in total. The van der Waals surface area contributed by atoms with Crippen molar-refractivity contribution in [3.8, 4) is 5.75 Å². The summed E-state index contributed by atoms with van der Waals surface area (Å²) in [7, 11) is 0. The van der Waals surface area contributed by atoms with E-state index < -0.39 is 0 Å². The highest BCUT2D eigenvalue weighted by atomic mass is 16.5. The van der Waals surface area contributed by atoms with Crippen LogP contribution < -0.4 is 10.5 Å². The summed E-state index contributed by atoms with van der Waals surface area (Å²) in [6.07, 6.45) is 1.00. The van der Waals surface area contributed by atoms with E-state index in [2.05, 4.69) is 38.1 Å². The number of rotatable bonds is 6. The zero-order chi connectivity index (χ0) is 13.9. The van der Waals surface area contributed by atoms with Gasteiger partial charge in [-0.1, -0.05) is 26.0 Å². The first kappa shape index (κ1) is 14.4. The van der Waals surface area contributed by atoms with Crippen LogP contribution in [0.3, 0.4) is 0 Å². The molecule has 1 aliphatic heterocycles. The summed E-state index contributed by atoms with van der Waals surface area (Å²) < 4.78 is 11.0. The summed E-state index contributed by atoms with van der Waals surface area (Å²) >= 11 is 0. The van der Waals surface area contributed by atoms with Crippen LogP contribution in [0.4, 0.5) is 0 Å². The van der Waals surface area contributed by atoms with Gasteiger partial charge in [0.2, 0.25) is 0 Å². The topological polar surface area (TPSA) is 44.5 Å². The predicted molar refractivity (Wildman–Crippen MR) is 77.6 cm³/mol. The summed E-state index contributed by atoms with van der Waals surface area (Å²) in [6.45, 7) is 9.57. The molecule has 0 aromatic heterocycles. The number of benzene rings is 1. The van der Waals surface area contributed by atoms with Gasteiger partial charge in [-0.15, -0.1) is 0 Å². The molecule has 0 bridgehead atoms. The van der Waals surface area contributed by atoms with Crippen molar-refractivity contribution in [1.82, 2.24) is 0 Å². The van der Waals surface area contributed by atoms with Gasteiger partial charge in [0, 0.05) is 5.41 Å². The van der Waals surface area contributed by atoms with Crippen molar-refractivity contribution < 1.29 is 9.47 Å². The summed E-state index contributed by atoms with van der Waals surface area (Å²) in [6, 6.07) is 8.45. The minimum absolute atomic E-state index is 0.0944. The zero-order valence-electron chi connectivity index (χ0n) is 12.2. The van der Waals surface area contributed by atoms with Gasteiger partial charge in [-0.05, 0) is 43.0 Å². The fourth-order valence-electron chi connectivity index (χ4n) is 2.89. The smallest absolute Gasteiger partial charge is 0.119 e. The molecule has 1 aromatic rings. The van der Waals surface area contributed by atoms with E-state index in [1.54, 1.807) is 0 Å². The number of ether oxygens (including phenoxy) is 2. The molecule has 19 heavy (non-hydrogen) atoms. The van der Waals surface area contributed by atoms with E-state index in [1.807, 2.05) is 6.92 Å². The van der Waals surface area contributed by atoms with E-state index >= 15 is 0 Å². The van der Waals surface area contributed by atoms with Crippen LogP contribution in [0, 0.1) is 5.41 Å². The summed E-state index contributed by atoms with van der Waals surface area (Å²) in [5, 5.41) is 0. The minimum atomic E-state index is 0.0944. The van der Waals surface area contributed by atoms with E-state index in [-0.39, 0.29) is 10.8 Å². The molecule has 2 N–H and O–H groups in total. The van der Waals surface area contributed by atoms with Gasteiger partial charge in [0.05, 0.1) is 19.8 Å². The standard InChI is InChI=1S/C16H25NO2/c1-4-19-14-7-5-13(6-8-14)16(11-18-12-16)15(2,3)9-10-17/h5-8H,4,9-12,17H2,1-3H3. The lowest BCUT2D eigenvalue weighted by atomic mass is 9.59. The fourth-order valence-corrected chi connectivity index (χ4v) is 2.89. The molecule has 0 radical (unpaired) electrons. The summed E-state index contributed by atoms with van der Waals surface area (Å²) in [5.41, 5.74) is 7.35. The first-order valence-electron chi connectivity index (χ1n) is 7.07. The SMILES string of the molecule is CCOc1ccc(C2(C(C)(C)CCN)COC2)cc1. The van der Waals surface area contributed by atoms with E-state index in [0.29, 0.717) is 13.2 Å². The van der Waals surface area contributed by atoms with Crippen molar-refractivity contribution in [2.75, 3.05) is 26.4 Å². The molecular weight excluding hydrogens is 238 g/mol. The Kier molecular flexibility index (Phi) is 4.16. The lowest BCUT2D eigenvalue weighted by Crippen LogP contribution is -2.57. The molecule has 1 aromatic carbocycles. The molecule has 1 heterocycles. The average molecular weight is 263 g/mol. The molecule has 1 fully saturated rings. The Balaban J connectivity index is 2.26. The Morgan fingerprint density at radius 3 is 2.32 bits per heavy atom. The van der Waals surface area contributed by atoms with Gasteiger partial charge in [-0.25, -0.2) is 0 Å². The van der Waals surface area contributed by atoms with Gasteiger partial charge in [-0.3, -0.25) is 0 Å². The Morgan fingerprint density at radius 2 is 1.89 bits per heavy atom. The third-order valence-electron chi connectivity index (χ3n) is 4.48. The molecule has 2 rings (SSSR count). The van der Waals surface area contributed by atoms with Crippen molar-refractivity contribution in [3.05, 3.63) is 29.8 Å². The molecule has 0 aliphatic carbocycles. The van der Waals surface area contributed by atoms with Crippen LogP contribution in [-0.4, -0.2) is 26.4 Å². The van der Waals surface area contributed by atoms with Gasteiger partial charge in [0.25, 0.3) is 0 Å². The first-order chi connectivity index (χ1) is 9.05. The Hall–Kier alpha value is -1.06. The molecule has 3 heteroatoms. The summed E-state index contributed by atoms with van der Waals surface area (Å²) in [4.78, 5) is 0. The van der Waals surface area contributed by atoms with E-state index in [1.165, 1.54) is 5.56 Å². The van der Waals surface area contributed by atoms with Crippen LogP contribution in [0.5, 0.6) is 5.75 Å². The summed E-state index contributed by atoms with van der Waals surface area (Å²) in [5.74, 6) is 0.929. The van der Waals surface area contributed by atoms with E-state index in [4.69, 9.17) is 15.2 Å². The third-order valence-corrected chi connectivity index (χ3v) is 4.48. The van der Waals surface area contributed by atoms with E-state index in [0.717, 1.165) is 25.4 Å². The van der Waals surface area contributed by atoms with Crippen LogP contribution in [0.2, 0.25) is 0 Å². The van der Waals surface area contributed by atoms with Gasteiger partial charge in [0.15, 0.2) is 0 Å². The molecule has 1 aliphatic rings. The molecule has 106 valence electrons. The van der Waals surface area contributed by atoms with Crippen LogP contribution >= 0.6 is 0 Å². The Labute approximate surface area is 116 Å². The minimum Gasteiger partial charge on any atom is -0.494 e. The maximum atomic E-state index is 5.77. The maximum Gasteiger partial charge on any atom is 0.119 e. The lowest BCUT2D eigenvalue weighted by molar-refractivity contribution is -0.121. The van der Waals surface area contributed by atoms with Gasteiger partial charge < -0.3 is 15.2 Å².